The molecule has 1 saturated heterocycles. The Morgan fingerprint density at radius 1 is 1.29 bits per heavy atom. The molecule has 0 aromatic heterocycles. The summed E-state index contributed by atoms with van der Waals surface area (Å²) in [5.41, 5.74) is 5.42. The van der Waals surface area contributed by atoms with Crippen molar-refractivity contribution < 1.29 is 9.53 Å². The summed E-state index contributed by atoms with van der Waals surface area (Å²) in [6.07, 6.45) is 7.81. The molecule has 2 N–H and O–H groups in total. The first-order chi connectivity index (χ1) is 8.15. The minimum Gasteiger partial charge on any atom is -0.468 e. The van der Waals surface area contributed by atoms with Gasteiger partial charge < -0.3 is 15.4 Å². The van der Waals surface area contributed by atoms with Crippen LogP contribution in [0.1, 0.15) is 44.9 Å². The van der Waals surface area contributed by atoms with E-state index in [0.29, 0.717) is 6.04 Å². The quantitative estimate of drug-likeness (QED) is 0.739. The molecule has 2 fully saturated rings. The van der Waals surface area contributed by atoms with E-state index in [2.05, 4.69) is 4.90 Å². The molecule has 17 heavy (non-hydrogen) atoms. The summed E-state index contributed by atoms with van der Waals surface area (Å²) in [7, 11) is 1.43. The van der Waals surface area contributed by atoms with Crippen molar-refractivity contribution in [2.24, 2.45) is 5.73 Å². The minimum absolute atomic E-state index is 0.241. The van der Waals surface area contributed by atoms with Crippen LogP contribution >= 0.6 is 0 Å². The van der Waals surface area contributed by atoms with E-state index < -0.39 is 5.54 Å². The third kappa shape index (κ3) is 2.80. The number of nitrogens with zero attached hydrogens (tertiary/aromatic N) is 1. The van der Waals surface area contributed by atoms with E-state index in [-0.39, 0.29) is 5.97 Å². The van der Waals surface area contributed by atoms with Crippen molar-refractivity contribution in [1.82, 2.24) is 4.90 Å². The summed E-state index contributed by atoms with van der Waals surface area (Å²) in [6.45, 7) is 2.34. The van der Waals surface area contributed by atoms with Crippen molar-refractivity contribution in [3.8, 4) is 0 Å². The standard InChI is InChI=1S/C13H24N2O2/c1-17-12(16)13(14)7-6-11(10-13)15-8-4-2-3-5-9-15/h11H,2-10,14H2,1H3. The molecule has 1 aliphatic carbocycles. The zero-order chi connectivity index (χ0) is 12.3. The molecule has 0 radical (unpaired) electrons. The van der Waals surface area contributed by atoms with E-state index in [1.54, 1.807) is 0 Å². The molecule has 0 aromatic carbocycles. The summed E-state index contributed by atoms with van der Waals surface area (Å²) in [6, 6.07) is 0.484. The topological polar surface area (TPSA) is 55.6 Å². The third-order valence-electron chi connectivity index (χ3n) is 4.27. The average Bonchev–Trinajstić information content (AvgIpc) is 2.57. The van der Waals surface area contributed by atoms with Gasteiger partial charge in [0.05, 0.1) is 7.11 Å². The molecule has 0 bridgehead atoms. The van der Waals surface area contributed by atoms with Crippen LogP contribution in [0.5, 0.6) is 0 Å². The summed E-state index contributed by atoms with van der Waals surface area (Å²) in [5.74, 6) is -0.241. The maximum atomic E-state index is 11.7. The molecular weight excluding hydrogens is 216 g/mol. The van der Waals surface area contributed by atoms with Crippen molar-refractivity contribution in [1.29, 1.82) is 0 Å². The SMILES string of the molecule is COC(=O)C1(N)CCC(N2CCCCCC2)C1. The number of carbonyl (C=O) groups excluding carboxylic acids is 1. The van der Waals surface area contributed by atoms with Crippen LogP contribution in [-0.2, 0) is 9.53 Å². The largest absolute Gasteiger partial charge is 0.468 e. The molecule has 2 unspecified atom stereocenters. The fourth-order valence-electron chi connectivity index (χ4n) is 3.21. The number of rotatable bonds is 2. The third-order valence-corrected chi connectivity index (χ3v) is 4.27. The van der Waals surface area contributed by atoms with Crippen LogP contribution < -0.4 is 5.73 Å². The van der Waals surface area contributed by atoms with E-state index in [4.69, 9.17) is 10.5 Å². The Balaban J connectivity index is 1.94. The van der Waals surface area contributed by atoms with Gasteiger partial charge in [-0.05, 0) is 45.2 Å². The Morgan fingerprint density at radius 3 is 2.53 bits per heavy atom. The van der Waals surface area contributed by atoms with E-state index in [1.807, 2.05) is 0 Å². The van der Waals surface area contributed by atoms with E-state index in [9.17, 15) is 4.79 Å². The Labute approximate surface area is 103 Å². The van der Waals surface area contributed by atoms with Crippen molar-refractivity contribution in [2.75, 3.05) is 20.2 Å². The monoisotopic (exact) mass is 240 g/mol. The highest BCUT2D eigenvalue weighted by molar-refractivity contribution is 5.81. The second-order valence-corrected chi connectivity index (χ2v) is 5.49. The predicted molar refractivity (Wildman–Crippen MR) is 66.6 cm³/mol. The number of likely N-dealkylation sites (tertiary alicyclic amines) is 1. The number of hydrogen-bond acceptors (Lipinski definition) is 4. The zero-order valence-electron chi connectivity index (χ0n) is 10.8. The van der Waals surface area contributed by atoms with E-state index >= 15 is 0 Å². The Bertz CT molecular complexity index is 275. The van der Waals surface area contributed by atoms with Crippen LogP contribution in [0.4, 0.5) is 0 Å². The molecule has 0 spiro atoms. The number of hydrogen-bond donors (Lipinski definition) is 1. The highest BCUT2D eigenvalue weighted by atomic mass is 16.5. The summed E-state index contributed by atoms with van der Waals surface area (Å²) >= 11 is 0. The van der Waals surface area contributed by atoms with E-state index in [1.165, 1.54) is 45.9 Å². The van der Waals surface area contributed by atoms with Gasteiger partial charge in [0.25, 0.3) is 0 Å². The minimum atomic E-state index is -0.730. The fourth-order valence-corrected chi connectivity index (χ4v) is 3.21. The molecule has 4 heteroatoms. The average molecular weight is 240 g/mol. The molecular formula is C13H24N2O2. The summed E-state index contributed by atoms with van der Waals surface area (Å²) in [4.78, 5) is 14.2. The number of methoxy groups -OCH3 is 1. The maximum Gasteiger partial charge on any atom is 0.325 e. The van der Waals surface area contributed by atoms with Gasteiger partial charge in [-0.15, -0.1) is 0 Å². The smallest absolute Gasteiger partial charge is 0.325 e. The van der Waals surface area contributed by atoms with Crippen LogP contribution in [0.3, 0.4) is 0 Å². The molecule has 98 valence electrons. The molecule has 1 heterocycles. The second kappa shape index (κ2) is 5.36. The first-order valence-electron chi connectivity index (χ1n) is 6.77. The lowest BCUT2D eigenvalue weighted by Crippen LogP contribution is -2.48. The number of esters is 1. The maximum absolute atomic E-state index is 11.7. The summed E-state index contributed by atoms with van der Waals surface area (Å²) < 4.78 is 4.82. The van der Waals surface area contributed by atoms with Gasteiger partial charge in [-0.3, -0.25) is 4.79 Å². The van der Waals surface area contributed by atoms with Gasteiger partial charge in [0.1, 0.15) is 5.54 Å². The van der Waals surface area contributed by atoms with Crippen LogP contribution in [0.2, 0.25) is 0 Å². The van der Waals surface area contributed by atoms with E-state index in [0.717, 1.165) is 19.3 Å². The van der Waals surface area contributed by atoms with Gasteiger partial charge >= 0.3 is 5.97 Å². The van der Waals surface area contributed by atoms with Crippen LogP contribution in [-0.4, -0.2) is 42.6 Å². The first kappa shape index (κ1) is 12.8. The summed E-state index contributed by atoms with van der Waals surface area (Å²) in [5, 5.41) is 0. The van der Waals surface area contributed by atoms with Crippen molar-refractivity contribution in [3.05, 3.63) is 0 Å². The number of ether oxygens (including phenoxy) is 1. The Kier molecular flexibility index (Phi) is 4.05. The predicted octanol–water partition coefficient (Wildman–Crippen LogP) is 1.29. The van der Waals surface area contributed by atoms with Crippen LogP contribution in [0.25, 0.3) is 0 Å². The lowest BCUT2D eigenvalue weighted by Gasteiger charge is -2.28. The Hall–Kier alpha value is -0.610. The Morgan fingerprint density at radius 2 is 1.94 bits per heavy atom. The molecule has 1 saturated carbocycles. The van der Waals surface area contributed by atoms with Gasteiger partial charge in [-0.1, -0.05) is 12.8 Å². The van der Waals surface area contributed by atoms with Gasteiger partial charge in [0, 0.05) is 6.04 Å². The molecule has 2 rings (SSSR count). The number of carbonyl (C=O) groups is 1. The fraction of sp³-hybridized carbons (Fsp3) is 0.923. The number of nitrogens with two attached hydrogens (primary N) is 1. The lowest BCUT2D eigenvalue weighted by molar-refractivity contribution is -0.147. The molecule has 4 nitrogen and oxygen atoms in total. The van der Waals surface area contributed by atoms with Crippen molar-refractivity contribution in [2.45, 2.75) is 56.5 Å². The van der Waals surface area contributed by atoms with Crippen molar-refractivity contribution >= 4 is 5.97 Å². The van der Waals surface area contributed by atoms with Gasteiger partial charge in [0.2, 0.25) is 0 Å². The molecule has 2 aliphatic rings. The molecule has 1 aliphatic heterocycles. The van der Waals surface area contributed by atoms with Crippen molar-refractivity contribution in [3.63, 3.8) is 0 Å². The first-order valence-corrected chi connectivity index (χ1v) is 6.77. The zero-order valence-corrected chi connectivity index (χ0v) is 10.8. The van der Waals surface area contributed by atoms with Crippen LogP contribution in [0.15, 0.2) is 0 Å². The highest BCUT2D eigenvalue weighted by Crippen LogP contribution is 2.33. The van der Waals surface area contributed by atoms with Gasteiger partial charge in [0.15, 0.2) is 0 Å². The normalized spacial score (nSPS) is 35.5. The molecule has 0 aromatic rings. The second-order valence-electron chi connectivity index (χ2n) is 5.49. The lowest BCUT2D eigenvalue weighted by atomic mass is 9.99. The van der Waals surface area contributed by atoms with Crippen LogP contribution in [0, 0.1) is 0 Å². The highest BCUT2D eigenvalue weighted by Gasteiger charge is 2.44. The molecule has 0 amide bonds. The molecule has 2 atom stereocenters. The van der Waals surface area contributed by atoms with Gasteiger partial charge in [-0.2, -0.15) is 0 Å². The van der Waals surface area contributed by atoms with Gasteiger partial charge in [-0.25, -0.2) is 0 Å².